The molecule has 1 fully saturated rings. The van der Waals surface area contributed by atoms with Crippen LogP contribution in [0.2, 0.25) is 0 Å². The largest absolute Gasteiger partial charge is 0.497 e. The number of nitrogens with zero attached hydrogens (tertiary/aromatic N) is 1. The molecule has 0 amide bonds. The Balaban J connectivity index is 0.00000182. The van der Waals surface area contributed by atoms with Gasteiger partial charge in [0.25, 0.3) is 5.56 Å². The van der Waals surface area contributed by atoms with Crippen LogP contribution in [0, 0.1) is 17.6 Å². The number of piperidine rings is 1. The molecule has 0 aliphatic carbocycles. The van der Waals surface area contributed by atoms with Crippen molar-refractivity contribution < 1.29 is 13.5 Å². The van der Waals surface area contributed by atoms with Gasteiger partial charge in [-0.1, -0.05) is 0 Å². The maximum absolute atomic E-state index is 14.4. The highest BCUT2D eigenvalue weighted by Gasteiger charge is 2.31. The van der Waals surface area contributed by atoms with E-state index in [4.69, 9.17) is 4.74 Å². The van der Waals surface area contributed by atoms with Crippen molar-refractivity contribution in [1.29, 1.82) is 0 Å². The van der Waals surface area contributed by atoms with Crippen LogP contribution in [0.3, 0.4) is 0 Å². The molecule has 7 heteroatoms. The lowest BCUT2D eigenvalue weighted by atomic mass is 9.83. The van der Waals surface area contributed by atoms with Crippen LogP contribution < -0.4 is 15.6 Å². The summed E-state index contributed by atoms with van der Waals surface area (Å²) < 4.78 is 35.4. The highest BCUT2D eigenvalue weighted by molar-refractivity contribution is 5.85. The fourth-order valence-corrected chi connectivity index (χ4v) is 3.89. The second-order valence-corrected chi connectivity index (χ2v) is 6.54. The molecule has 1 aromatic carbocycles. The molecule has 1 aromatic heterocycles. The van der Waals surface area contributed by atoms with E-state index in [-0.39, 0.29) is 40.8 Å². The third kappa shape index (κ3) is 3.04. The molecule has 2 atom stereocenters. The van der Waals surface area contributed by atoms with E-state index in [0.717, 1.165) is 37.3 Å². The van der Waals surface area contributed by atoms with Crippen molar-refractivity contribution in [3.63, 3.8) is 0 Å². The number of methoxy groups -OCH3 is 1. The van der Waals surface area contributed by atoms with Crippen LogP contribution in [-0.2, 0) is 6.54 Å². The molecule has 4 nitrogen and oxygen atoms in total. The molecule has 25 heavy (non-hydrogen) atoms. The number of halogens is 3. The summed E-state index contributed by atoms with van der Waals surface area (Å²) in [7, 11) is 1.35. The lowest BCUT2D eigenvalue weighted by Gasteiger charge is -2.37. The highest BCUT2D eigenvalue weighted by Crippen LogP contribution is 2.35. The average molecular weight is 369 g/mol. The van der Waals surface area contributed by atoms with Gasteiger partial charge in [0.2, 0.25) is 0 Å². The van der Waals surface area contributed by atoms with Gasteiger partial charge < -0.3 is 14.6 Å². The molecule has 0 saturated carbocycles. The van der Waals surface area contributed by atoms with Crippen molar-refractivity contribution in [2.45, 2.75) is 18.9 Å². The fraction of sp³-hybridized carbons (Fsp3) is 0.389. The number of hydrogen-bond donors (Lipinski definition) is 1. The SMILES string of the molecule is COc1cc(F)c(-c2cc3n(c(=O)c2)C[C@@H]2CNC[C@H]3C2)c(F)c1.Cl. The number of rotatable bonds is 2. The average Bonchev–Trinajstić information content (AvgIpc) is 2.55. The maximum Gasteiger partial charge on any atom is 0.251 e. The Morgan fingerprint density at radius 1 is 1.16 bits per heavy atom. The van der Waals surface area contributed by atoms with Crippen LogP contribution in [0.5, 0.6) is 5.75 Å². The van der Waals surface area contributed by atoms with Crippen LogP contribution >= 0.6 is 12.4 Å². The van der Waals surface area contributed by atoms with E-state index in [1.165, 1.54) is 13.2 Å². The summed E-state index contributed by atoms with van der Waals surface area (Å²) in [4.78, 5) is 12.5. The summed E-state index contributed by atoms with van der Waals surface area (Å²) >= 11 is 0. The first-order chi connectivity index (χ1) is 11.6. The Labute approximate surface area is 150 Å². The Morgan fingerprint density at radius 3 is 2.56 bits per heavy atom. The molecule has 1 N–H and O–H groups in total. The van der Waals surface area contributed by atoms with Crippen LogP contribution in [-0.4, -0.2) is 24.8 Å². The van der Waals surface area contributed by atoms with Crippen molar-refractivity contribution in [2.24, 2.45) is 5.92 Å². The molecule has 0 spiro atoms. The molecular weight excluding hydrogens is 350 g/mol. The molecule has 2 aromatic rings. The van der Waals surface area contributed by atoms with E-state index < -0.39 is 11.6 Å². The summed E-state index contributed by atoms with van der Waals surface area (Å²) in [5.74, 6) is -0.704. The second kappa shape index (κ2) is 6.77. The van der Waals surface area contributed by atoms with Gasteiger partial charge in [-0.15, -0.1) is 12.4 Å². The molecule has 134 valence electrons. The van der Waals surface area contributed by atoms with E-state index in [2.05, 4.69) is 5.32 Å². The van der Waals surface area contributed by atoms with Crippen LogP contribution in [0.1, 0.15) is 18.0 Å². The van der Waals surface area contributed by atoms with Gasteiger partial charge in [0, 0.05) is 42.9 Å². The van der Waals surface area contributed by atoms with Crippen LogP contribution in [0.15, 0.2) is 29.1 Å². The van der Waals surface area contributed by atoms with Crippen molar-refractivity contribution in [1.82, 2.24) is 9.88 Å². The van der Waals surface area contributed by atoms with Gasteiger partial charge in [-0.3, -0.25) is 4.79 Å². The molecule has 4 rings (SSSR count). The van der Waals surface area contributed by atoms with Gasteiger partial charge in [0.15, 0.2) is 0 Å². The maximum atomic E-state index is 14.4. The molecule has 2 aliphatic rings. The number of fused-ring (bicyclic) bond motifs is 4. The van der Waals surface area contributed by atoms with Crippen molar-refractivity contribution >= 4 is 12.4 Å². The van der Waals surface area contributed by atoms with E-state index in [1.54, 1.807) is 10.6 Å². The summed E-state index contributed by atoms with van der Waals surface area (Å²) in [5.41, 5.74) is 0.763. The minimum absolute atomic E-state index is 0. The third-order valence-corrected chi connectivity index (χ3v) is 5.00. The number of benzene rings is 1. The van der Waals surface area contributed by atoms with Gasteiger partial charge in [-0.25, -0.2) is 8.78 Å². The van der Waals surface area contributed by atoms with Gasteiger partial charge >= 0.3 is 0 Å². The Morgan fingerprint density at radius 2 is 1.88 bits per heavy atom. The highest BCUT2D eigenvalue weighted by atomic mass is 35.5. The van der Waals surface area contributed by atoms with E-state index in [1.807, 2.05) is 0 Å². The number of hydrogen-bond acceptors (Lipinski definition) is 3. The lowest BCUT2D eigenvalue weighted by molar-refractivity contribution is 0.257. The Hall–Kier alpha value is -1.92. The van der Waals surface area contributed by atoms with Crippen molar-refractivity contribution in [2.75, 3.05) is 20.2 Å². The zero-order chi connectivity index (χ0) is 16.8. The zero-order valence-electron chi connectivity index (χ0n) is 13.7. The minimum Gasteiger partial charge on any atom is -0.497 e. The first-order valence-corrected chi connectivity index (χ1v) is 8.05. The zero-order valence-corrected chi connectivity index (χ0v) is 14.5. The standard InChI is InChI=1S/C18H18F2N2O2.ClH/c1-24-13-5-14(19)18(15(20)6-13)11-3-16-12-2-10(7-21-8-12)9-22(16)17(23)4-11;/h3-6,10,12,21H,2,7-9H2,1H3;1H/t10-,12+;/m0./s1. The topological polar surface area (TPSA) is 43.3 Å². The normalized spacial score (nSPS) is 21.2. The number of pyridine rings is 1. The van der Waals surface area contributed by atoms with E-state index >= 15 is 0 Å². The summed E-state index contributed by atoms with van der Waals surface area (Å²) in [6.07, 6.45) is 1.00. The fourth-order valence-electron chi connectivity index (χ4n) is 3.89. The third-order valence-electron chi connectivity index (χ3n) is 5.00. The van der Waals surface area contributed by atoms with Crippen molar-refractivity contribution in [3.05, 3.63) is 51.9 Å². The predicted octanol–water partition coefficient (Wildman–Crippen LogP) is 2.93. The summed E-state index contributed by atoms with van der Waals surface area (Å²) in [5, 5.41) is 3.36. The smallest absolute Gasteiger partial charge is 0.251 e. The quantitative estimate of drug-likeness (QED) is 0.886. The van der Waals surface area contributed by atoms with Gasteiger partial charge in [-0.05, 0) is 30.5 Å². The number of aromatic nitrogens is 1. The van der Waals surface area contributed by atoms with Crippen LogP contribution in [0.25, 0.3) is 11.1 Å². The van der Waals surface area contributed by atoms with Gasteiger partial charge in [0.05, 0.1) is 12.7 Å². The molecule has 1 saturated heterocycles. The Kier molecular flexibility index (Phi) is 4.84. The summed E-state index contributed by atoms with van der Waals surface area (Å²) in [6, 6.07) is 5.34. The van der Waals surface area contributed by atoms with Crippen molar-refractivity contribution in [3.8, 4) is 16.9 Å². The molecule has 0 unspecified atom stereocenters. The number of nitrogens with one attached hydrogen (secondary N) is 1. The second-order valence-electron chi connectivity index (χ2n) is 6.54. The molecule has 2 bridgehead atoms. The number of ether oxygens (including phenoxy) is 1. The van der Waals surface area contributed by atoms with Gasteiger partial charge in [-0.2, -0.15) is 0 Å². The predicted molar refractivity (Wildman–Crippen MR) is 93.6 cm³/mol. The molecule has 3 heterocycles. The molecule has 2 aliphatic heterocycles. The first kappa shape index (κ1) is 17.9. The first-order valence-electron chi connectivity index (χ1n) is 8.05. The molecular formula is C18H19ClF2N2O2. The lowest BCUT2D eigenvalue weighted by Crippen LogP contribution is -2.44. The Bertz CT molecular complexity index is 846. The van der Waals surface area contributed by atoms with Crippen LogP contribution in [0.4, 0.5) is 8.78 Å². The summed E-state index contributed by atoms with van der Waals surface area (Å²) in [6.45, 7) is 2.35. The van der Waals surface area contributed by atoms with E-state index in [0.29, 0.717) is 12.5 Å². The minimum atomic E-state index is -0.730. The molecule has 0 radical (unpaired) electrons. The monoisotopic (exact) mass is 368 g/mol. The van der Waals surface area contributed by atoms with Gasteiger partial charge in [0.1, 0.15) is 17.4 Å². The van der Waals surface area contributed by atoms with E-state index in [9.17, 15) is 13.6 Å².